The fourth-order valence-electron chi connectivity index (χ4n) is 2.55. The number of aromatic hydroxyl groups is 1. The summed E-state index contributed by atoms with van der Waals surface area (Å²) in [6.45, 7) is 1.76. The molecule has 1 N–H and O–H groups in total. The normalized spacial score (nSPS) is 10.8. The molecule has 6 heteroatoms. The van der Waals surface area contributed by atoms with Crippen LogP contribution in [-0.2, 0) is 6.42 Å². The molecule has 0 aliphatic rings. The summed E-state index contributed by atoms with van der Waals surface area (Å²) in [5.41, 5.74) is 0.669. The van der Waals surface area contributed by atoms with E-state index in [0.29, 0.717) is 17.6 Å². The van der Waals surface area contributed by atoms with E-state index < -0.39 is 10.7 Å². The number of hydrogen-bond acceptors (Lipinski definition) is 5. The van der Waals surface area contributed by atoms with Gasteiger partial charge in [-0.05, 0) is 18.6 Å². The molecule has 0 fully saturated rings. The van der Waals surface area contributed by atoms with Gasteiger partial charge in [0.25, 0.3) is 5.69 Å². The van der Waals surface area contributed by atoms with Gasteiger partial charge in [0.05, 0.1) is 11.0 Å². The lowest BCUT2D eigenvalue weighted by Crippen LogP contribution is -2.05. The smallest absolute Gasteiger partial charge is 0.273 e. The topological polar surface area (TPSA) is 93.6 Å². The molecule has 0 aliphatic carbocycles. The Morgan fingerprint density at radius 1 is 1.26 bits per heavy atom. The Morgan fingerprint density at radius 2 is 2.00 bits per heavy atom. The van der Waals surface area contributed by atoms with Gasteiger partial charge in [0.1, 0.15) is 11.3 Å². The molecule has 0 unspecified atom stereocenters. The molecular formula is C17H13NO5. The van der Waals surface area contributed by atoms with Crippen molar-refractivity contribution in [2.45, 2.75) is 13.3 Å². The van der Waals surface area contributed by atoms with Crippen molar-refractivity contribution in [1.29, 1.82) is 0 Å². The Bertz CT molecular complexity index is 893. The second kappa shape index (κ2) is 5.57. The van der Waals surface area contributed by atoms with E-state index >= 15 is 0 Å². The van der Waals surface area contributed by atoms with E-state index in [2.05, 4.69) is 0 Å². The number of nitro groups is 1. The van der Waals surface area contributed by atoms with Crippen molar-refractivity contribution >= 4 is 22.4 Å². The third-order valence-corrected chi connectivity index (χ3v) is 3.67. The lowest BCUT2D eigenvalue weighted by Gasteiger charge is -2.08. The van der Waals surface area contributed by atoms with Crippen molar-refractivity contribution in [2.24, 2.45) is 0 Å². The van der Waals surface area contributed by atoms with Crippen LogP contribution in [-0.4, -0.2) is 15.8 Å². The number of ketones is 1. The molecular weight excluding hydrogens is 298 g/mol. The summed E-state index contributed by atoms with van der Waals surface area (Å²) < 4.78 is 5.52. The van der Waals surface area contributed by atoms with Gasteiger partial charge >= 0.3 is 0 Å². The van der Waals surface area contributed by atoms with Crippen LogP contribution in [0, 0.1) is 10.1 Å². The summed E-state index contributed by atoms with van der Waals surface area (Å²) in [4.78, 5) is 23.0. The molecule has 1 aromatic heterocycles. The molecule has 0 bridgehead atoms. The third kappa shape index (κ3) is 2.55. The van der Waals surface area contributed by atoms with Crippen molar-refractivity contribution in [2.75, 3.05) is 0 Å². The highest BCUT2D eigenvalue weighted by Gasteiger charge is 2.23. The number of benzene rings is 2. The van der Waals surface area contributed by atoms with E-state index in [1.807, 2.05) is 6.07 Å². The SMILES string of the molecule is CCc1c(O)cc([N+](=O)[O-])cc1C(=O)c1cc2ccccc2o1. The summed E-state index contributed by atoms with van der Waals surface area (Å²) in [5.74, 6) is -0.668. The summed E-state index contributed by atoms with van der Waals surface area (Å²) >= 11 is 0. The van der Waals surface area contributed by atoms with Crippen LogP contribution in [0.5, 0.6) is 5.75 Å². The van der Waals surface area contributed by atoms with Crippen molar-refractivity contribution in [3.8, 4) is 5.75 Å². The molecule has 0 radical (unpaired) electrons. The monoisotopic (exact) mass is 311 g/mol. The predicted octanol–water partition coefficient (Wildman–Crippen LogP) is 3.84. The van der Waals surface area contributed by atoms with Crippen LogP contribution in [0.3, 0.4) is 0 Å². The average molecular weight is 311 g/mol. The maximum atomic E-state index is 12.7. The van der Waals surface area contributed by atoms with Crippen molar-refractivity contribution in [3.63, 3.8) is 0 Å². The highest BCUT2D eigenvalue weighted by Crippen LogP contribution is 2.31. The minimum absolute atomic E-state index is 0.0817. The largest absolute Gasteiger partial charge is 0.507 e. The third-order valence-electron chi connectivity index (χ3n) is 3.67. The van der Waals surface area contributed by atoms with Gasteiger partial charge in [-0.2, -0.15) is 0 Å². The van der Waals surface area contributed by atoms with Crippen LogP contribution >= 0.6 is 0 Å². The maximum Gasteiger partial charge on any atom is 0.273 e. The second-order valence-electron chi connectivity index (χ2n) is 5.08. The van der Waals surface area contributed by atoms with Crippen LogP contribution in [0.4, 0.5) is 5.69 Å². The van der Waals surface area contributed by atoms with Crippen LogP contribution in [0.15, 0.2) is 46.9 Å². The minimum Gasteiger partial charge on any atom is -0.507 e. The highest BCUT2D eigenvalue weighted by molar-refractivity contribution is 6.10. The van der Waals surface area contributed by atoms with Crippen molar-refractivity contribution < 1.29 is 19.2 Å². The molecule has 23 heavy (non-hydrogen) atoms. The number of phenolic OH excluding ortho intramolecular Hbond substituents is 1. The Balaban J connectivity index is 2.15. The first-order chi connectivity index (χ1) is 11.0. The van der Waals surface area contributed by atoms with Crippen molar-refractivity contribution in [1.82, 2.24) is 0 Å². The summed E-state index contributed by atoms with van der Waals surface area (Å²) in [6, 6.07) is 11.0. The molecule has 116 valence electrons. The highest BCUT2D eigenvalue weighted by atomic mass is 16.6. The van der Waals surface area contributed by atoms with Crippen LogP contribution in [0.2, 0.25) is 0 Å². The van der Waals surface area contributed by atoms with Gasteiger partial charge in [-0.25, -0.2) is 0 Å². The molecule has 2 aromatic carbocycles. The van der Waals surface area contributed by atoms with E-state index in [9.17, 15) is 20.0 Å². The first-order valence-electron chi connectivity index (χ1n) is 7.04. The first kappa shape index (κ1) is 14.8. The lowest BCUT2D eigenvalue weighted by molar-refractivity contribution is -0.385. The number of carbonyl (C=O) groups is 1. The van der Waals surface area contributed by atoms with E-state index in [0.717, 1.165) is 11.5 Å². The van der Waals surface area contributed by atoms with Gasteiger partial charge in [0, 0.05) is 22.6 Å². The molecule has 0 amide bonds. The average Bonchev–Trinajstić information content (AvgIpc) is 2.97. The van der Waals surface area contributed by atoms with E-state index in [1.54, 1.807) is 31.2 Å². The van der Waals surface area contributed by atoms with E-state index in [4.69, 9.17) is 4.42 Å². The molecule has 0 atom stereocenters. The molecule has 3 rings (SSSR count). The number of phenols is 1. The molecule has 0 aliphatic heterocycles. The number of carbonyl (C=O) groups excluding carboxylic acids is 1. The number of fused-ring (bicyclic) bond motifs is 1. The zero-order valence-electron chi connectivity index (χ0n) is 12.3. The van der Waals surface area contributed by atoms with Crippen LogP contribution in [0.1, 0.15) is 28.6 Å². The van der Waals surface area contributed by atoms with Gasteiger partial charge in [-0.15, -0.1) is 0 Å². The first-order valence-corrected chi connectivity index (χ1v) is 7.04. The Hall–Kier alpha value is -3.15. The summed E-state index contributed by atoms with van der Waals surface area (Å²) in [6.07, 6.45) is 0.366. The molecule has 0 spiro atoms. The number of nitrogens with zero attached hydrogens (tertiary/aromatic N) is 1. The zero-order valence-corrected chi connectivity index (χ0v) is 12.3. The summed E-state index contributed by atoms with van der Waals surface area (Å²) in [7, 11) is 0. The van der Waals surface area contributed by atoms with E-state index in [1.165, 1.54) is 6.07 Å². The Kier molecular flexibility index (Phi) is 3.57. The number of rotatable bonds is 4. The fourth-order valence-corrected chi connectivity index (χ4v) is 2.55. The standard InChI is InChI=1S/C17H13NO5/c1-2-12-13(8-11(18(21)22)9-14(12)19)17(20)16-7-10-5-3-4-6-15(10)23-16/h3-9,19H,2H2,1H3. The van der Waals surface area contributed by atoms with Crippen LogP contribution < -0.4 is 0 Å². The van der Waals surface area contributed by atoms with Crippen LogP contribution in [0.25, 0.3) is 11.0 Å². The number of para-hydroxylation sites is 1. The van der Waals surface area contributed by atoms with Gasteiger partial charge in [0.15, 0.2) is 5.76 Å². The molecule has 0 saturated carbocycles. The molecule has 0 saturated heterocycles. The number of non-ortho nitro benzene ring substituents is 1. The van der Waals surface area contributed by atoms with Gasteiger partial charge in [-0.3, -0.25) is 14.9 Å². The molecule has 6 nitrogen and oxygen atoms in total. The quantitative estimate of drug-likeness (QED) is 0.449. The maximum absolute atomic E-state index is 12.7. The number of nitro benzene ring substituents is 1. The molecule has 3 aromatic rings. The fraction of sp³-hybridized carbons (Fsp3) is 0.118. The van der Waals surface area contributed by atoms with Gasteiger partial charge in [0.2, 0.25) is 5.78 Å². The van der Waals surface area contributed by atoms with Gasteiger partial charge < -0.3 is 9.52 Å². The number of furan rings is 1. The van der Waals surface area contributed by atoms with Gasteiger partial charge in [-0.1, -0.05) is 25.1 Å². The lowest BCUT2D eigenvalue weighted by atomic mass is 9.98. The second-order valence-corrected chi connectivity index (χ2v) is 5.08. The number of hydrogen-bond donors (Lipinski definition) is 1. The van der Waals surface area contributed by atoms with Crippen molar-refractivity contribution in [3.05, 3.63) is 69.5 Å². The zero-order chi connectivity index (χ0) is 16.6. The summed E-state index contributed by atoms with van der Waals surface area (Å²) in [5, 5.41) is 21.7. The Labute approximate surface area is 131 Å². The Morgan fingerprint density at radius 3 is 2.65 bits per heavy atom. The molecule has 1 heterocycles. The van der Waals surface area contributed by atoms with E-state index in [-0.39, 0.29) is 22.8 Å². The predicted molar refractivity (Wildman–Crippen MR) is 83.8 cm³/mol. The minimum atomic E-state index is -0.644.